The minimum absolute atomic E-state index is 0.0500. The predicted octanol–water partition coefficient (Wildman–Crippen LogP) is 1.75. The van der Waals surface area contributed by atoms with Crippen LogP contribution in [-0.4, -0.2) is 45.2 Å². The molecule has 0 atom stereocenters. The Labute approximate surface area is 141 Å². The summed E-state index contributed by atoms with van der Waals surface area (Å²) in [7, 11) is 1.64. The monoisotopic (exact) mass is 336 g/mol. The molecular weight excluding hydrogens is 311 g/mol. The lowest BCUT2D eigenvalue weighted by atomic mass is 10.3. The van der Waals surface area contributed by atoms with Crippen molar-refractivity contribution < 1.29 is 13.9 Å². The molecule has 132 valence electrons. The third kappa shape index (κ3) is 7.41. The molecule has 0 spiro atoms. The molecule has 1 amide bonds. The van der Waals surface area contributed by atoms with Crippen molar-refractivity contribution in [2.24, 2.45) is 10.9 Å². The lowest BCUT2D eigenvalue weighted by Crippen LogP contribution is -2.41. The van der Waals surface area contributed by atoms with E-state index in [1.54, 1.807) is 19.2 Å². The van der Waals surface area contributed by atoms with Gasteiger partial charge in [-0.15, -0.1) is 0 Å². The first-order valence-electron chi connectivity index (χ1n) is 8.25. The lowest BCUT2D eigenvalue weighted by molar-refractivity contribution is -0.115. The van der Waals surface area contributed by atoms with Crippen molar-refractivity contribution in [3.8, 4) is 0 Å². The van der Waals surface area contributed by atoms with Gasteiger partial charge in [0.1, 0.15) is 5.82 Å². The summed E-state index contributed by atoms with van der Waals surface area (Å²) in [5.74, 6) is 0.675. The molecule has 1 aromatic rings. The molecule has 0 unspecified atom stereocenters. The maximum absolute atomic E-state index is 13.1. The van der Waals surface area contributed by atoms with Crippen LogP contribution in [-0.2, 0) is 9.53 Å². The van der Waals surface area contributed by atoms with Gasteiger partial charge in [-0.1, -0.05) is 6.07 Å². The summed E-state index contributed by atoms with van der Waals surface area (Å²) < 4.78 is 18.6. The van der Waals surface area contributed by atoms with Gasteiger partial charge in [-0.2, -0.15) is 0 Å². The third-order valence-corrected chi connectivity index (χ3v) is 3.56. The molecule has 3 N–H and O–H groups in total. The number of halogens is 1. The highest BCUT2D eigenvalue weighted by Crippen LogP contribution is 2.28. The molecule has 1 aliphatic carbocycles. The largest absolute Gasteiger partial charge is 0.381 e. The Morgan fingerprint density at radius 3 is 2.92 bits per heavy atom. The van der Waals surface area contributed by atoms with E-state index in [0.717, 1.165) is 32.1 Å². The van der Waals surface area contributed by atoms with Gasteiger partial charge in [0.15, 0.2) is 5.96 Å². The van der Waals surface area contributed by atoms with Gasteiger partial charge in [0.25, 0.3) is 0 Å². The van der Waals surface area contributed by atoms with Crippen molar-refractivity contribution in [3.63, 3.8) is 0 Å². The van der Waals surface area contributed by atoms with E-state index in [1.807, 2.05) is 0 Å². The predicted molar refractivity (Wildman–Crippen MR) is 92.6 cm³/mol. The van der Waals surface area contributed by atoms with E-state index in [0.29, 0.717) is 11.6 Å². The third-order valence-electron chi connectivity index (χ3n) is 3.56. The number of carbonyl (C=O) groups is 1. The van der Waals surface area contributed by atoms with Gasteiger partial charge in [-0.25, -0.2) is 4.39 Å². The highest BCUT2D eigenvalue weighted by atomic mass is 19.1. The Bertz CT molecular complexity index is 561. The van der Waals surface area contributed by atoms with Crippen LogP contribution in [0.2, 0.25) is 0 Å². The fourth-order valence-corrected chi connectivity index (χ4v) is 2.07. The number of aliphatic imine (C=N–C) groups is 1. The molecule has 24 heavy (non-hydrogen) atoms. The van der Waals surface area contributed by atoms with Gasteiger partial charge >= 0.3 is 0 Å². The SMILES string of the molecule is CN=C(NCCCOCC1CC1)NCC(=O)Nc1cccc(F)c1. The van der Waals surface area contributed by atoms with Gasteiger partial charge in [0.2, 0.25) is 5.91 Å². The average Bonchev–Trinajstić information content (AvgIpc) is 3.37. The van der Waals surface area contributed by atoms with Gasteiger partial charge in [0.05, 0.1) is 6.54 Å². The van der Waals surface area contributed by atoms with Crippen LogP contribution in [0.4, 0.5) is 10.1 Å². The van der Waals surface area contributed by atoms with E-state index in [1.165, 1.54) is 25.0 Å². The number of anilines is 1. The number of nitrogens with one attached hydrogen (secondary N) is 3. The number of rotatable bonds is 9. The molecule has 1 fully saturated rings. The molecule has 7 heteroatoms. The second-order valence-electron chi connectivity index (χ2n) is 5.78. The van der Waals surface area contributed by atoms with Gasteiger partial charge in [0, 0.05) is 32.5 Å². The first-order valence-corrected chi connectivity index (χ1v) is 8.25. The van der Waals surface area contributed by atoms with Crippen LogP contribution in [0.15, 0.2) is 29.3 Å². The molecule has 1 saturated carbocycles. The summed E-state index contributed by atoms with van der Waals surface area (Å²) in [4.78, 5) is 15.9. The van der Waals surface area contributed by atoms with E-state index < -0.39 is 0 Å². The number of hydrogen-bond donors (Lipinski definition) is 3. The number of carbonyl (C=O) groups excluding carboxylic acids is 1. The Hall–Kier alpha value is -2.15. The van der Waals surface area contributed by atoms with Gasteiger partial charge in [-0.3, -0.25) is 9.79 Å². The van der Waals surface area contributed by atoms with E-state index in [4.69, 9.17) is 4.74 Å². The number of hydrogen-bond acceptors (Lipinski definition) is 3. The number of ether oxygens (including phenoxy) is 1. The minimum atomic E-state index is -0.387. The first kappa shape index (κ1) is 18.2. The van der Waals surface area contributed by atoms with E-state index in [-0.39, 0.29) is 18.3 Å². The van der Waals surface area contributed by atoms with Crippen molar-refractivity contribution in [1.29, 1.82) is 0 Å². The Kier molecular flexibility index (Phi) is 7.48. The van der Waals surface area contributed by atoms with E-state index in [9.17, 15) is 9.18 Å². The summed E-state index contributed by atoms with van der Waals surface area (Å²) in [6, 6.07) is 5.78. The number of guanidine groups is 1. The van der Waals surface area contributed by atoms with E-state index >= 15 is 0 Å². The normalized spacial score (nSPS) is 14.3. The van der Waals surface area contributed by atoms with Crippen molar-refractivity contribution in [3.05, 3.63) is 30.1 Å². The molecule has 0 saturated heterocycles. The zero-order chi connectivity index (χ0) is 17.2. The van der Waals surface area contributed by atoms with E-state index in [2.05, 4.69) is 20.9 Å². The molecule has 1 aliphatic rings. The fourth-order valence-electron chi connectivity index (χ4n) is 2.07. The summed E-state index contributed by atoms with van der Waals surface area (Å²) >= 11 is 0. The zero-order valence-corrected chi connectivity index (χ0v) is 14.0. The maximum atomic E-state index is 13.1. The van der Waals surface area contributed by atoms with Crippen LogP contribution in [0.25, 0.3) is 0 Å². The second kappa shape index (κ2) is 9.87. The van der Waals surface area contributed by atoms with Gasteiger partial charge in [-0.05, 0) is 43.4 Å². The summed E-state index contributed by atoms with van der Waals surface area (Å²) in [5.41, 5.74) is 0.428. The Balaban J connectivity index is 1.57. The molecule has 2 rings (SSSR count). The van der Waals surface area contributed by atoms with Crippen molar-refractivity contribution in [2.45, 2.75) is 19.3 Å². The molecule has 6 nitrogen and oxygen atoms in total. The topological polar surface area (TPSA) is 74.8 Å². The second-order valence-corrected chi connectivity index (χ2v) is 5.78. The van der Waals surface area contributed by atoms with Crippen molar-refractivity contribution in [1.82, 2.24) is 10.6 Å². The van der Waals surface area contributed by atoms with Gasteiger partial charge < -0.3 is 20.7 Å². The van der Waals surface area contributed by atoms with Crippen LogP contribution in [0.3, 0.4) is 0 Å². The van der Waals surface area contributed by atoms with Crippen molar-refractivity contribution in [2.75, 3.05) is 38.7 Å². The summed E-state index contributed by atoms with van der Waals surface area (Å²) in [6.45, 7) is 2.36. The zero-order valence-electron chi connectivity index (χ0n) is 14.0. The Morgan fingerprint density at radius 1 is 1.38 bits per heavy atom. The number of nitrogens with zero attached hydrogens (tertiary/aromatic N) is 1. The summed E-state index contributed by atoms with van der Waals surface area (Å²) in [5, 5.41) is 8.65. The van der Waals surface area contributed by atoms with Crippen LogP contribution >= 0.6 is 0 Å². The first-order chi connectivity index (χ1) is 11.7. The fraction of sp³-hybridized carbons (Fsp3) is 0.529. The number of amides is 1. The molecule has 1 aromatic carbocycles. The molecule has 0 aromatic heterocycles. The molecule has 0 radical (unpaired) electrons. The smallest absolute Gasteiger partial charge is 0.243 e. The highest BCUT2D eigenvalue weighted by Gasteiger charge is 2.20. The Morgan fingerprint density at radius 2 is 2.21 bits per heavy atom. The standard InChI is InChI=1S/C17H25FN4O2/c1-19-17(20-8-3-9-24-12-13-6-7-13)21-11-16(23)22-15-5-2-4-14(18)10-15/h2,4-5,10,13H,3,6-9,11-12H2,1H3,(H,22,23)(H2,19,20,21). The van der Waals surface area contributed by atoms with Crippen LogP contribution < -0.4 is 16.0 Å². The summed E-state index contributed by atoms with van der Waals surface area (Å²) in [6.07, 6.45) is 3.47. The number of benzene rings is 1. The minimum Gasteiger partial charge on any atom is -0.381 e. The maximum Gasteiger partial charge on any atom is 0.243 e. The lowest BCUT2D eigenvalue weighted by Gasteiger charge is -2.12. The van der Waals surface area contributed by atoms with Crippen LogP contribution in [0.1, 0.15) is 19.3 Å². The van der Waals surface area contributed by atoms with Crippen LogP contribution in [0.5, 0.6) is 0 Å². The van der Waals surface area contributed by atoms with Crippen LogP contribution in [0, 0.1) is 11.7 Å². The highest BCUT2D eigenvalue weighted by molar-refractivity contribution is 5.94. The molecule has 0 bridgehead atoms. The molecule has 0 heterocycles. The average molecular weight is 336 g/mol. The molecule has 0 aliphatic heterocycles. The molecular formula is C17H25FN4O2. The quantitative estimate of drug-likeness (QED) is 0.365. The van der Waals surface area contributed by atoms with Crippen molar-refractivity contribution >= 4 is 17.6 Å².